The van der Waals surface area contributed by atoms with Gasteiger partial charge in [-0.25, -0.2) is 18.1 Å². The molecule has 0 bridgehead atoms. The van der Waals surface area contributed by atoms with Crippen molar-refractivity contribution in [3.05, 3.63) is 64.2 Å². The molecule has 3 rings (SSSR count). The van der Waals surface area contributed by atoms with Crippen molar-refractivity contribution in [3.8, 4) is 11.3 Å². The SMILES string of the molecule is O=C(CCNS(=O)(=O)c1cccc(Cl)c1)NCc1nc(-c2ccncc2)cs1. The van der Waals surface area contributed by atoms with Gasteiger partial charge in [0.2, 0.25) is 15.9 Å². The van der Waals surface area contributed by atoms with Crippen molar-refractivity contribution in [1.29, 1.82) is 0 Å². The van der Waals surface area contributed by atoms with E-state index in [4.69, 9.17) is 11.6 Å². The standard InChI is InChI=1S/C18H17ClN4O3S2/c19-14-2-1-3-15(10-14)28(25,26)22-9-6-17(24)21-11-18-23-16(12-27-18)13-4-7-20-8-5-13/h1-5,7-8,10,12,22H,6,9,11H2,(H,21,24). The van der Waals surface area contributed by atoms with E-state index in [1.165, 1.54) is 23.5 Å². The highest BCUT2D eigenvalue weighted by Crippen LogP contribution is 2.21. The highest BCUT2D eigenvalue weighted by molar-refractivity contribution is 7.89. The minimum Gasteiger partial charge on any atom is -0.350 e. The summed E-state index contributed by atoms with van der Waals surface area (Å²) in [4.78, 5) is 20.5. The molecule has 7 nitrogen and oxygen atoms in total. The third-order valence-corrected chi connectivity index (χ3v) is 6.26. The van der Waals surface area contributed by atoms with Crippen LogP contribution >= 0.6 is 22.9 Å². The summed E-state index contributed by atoms with van der Waals surface area (Å²) in [6.07, 6.45) is 3.41. The summed E-state index contributed by atoms with van der Waals surface area (Å²) in [5.74, 6) is -0.269. The van der Waals surface area contributed by atoms with E-state index in [1.54, 1.807) is 24.5 Å². The second-order valence-corrected chi connectivity index (χ2v) is 8.89. The van der Waals surface area contributed by atoms with Crippen LogP contribution in [-0.4, -0.2) is 30.8 Å². The molecule has 0 spiro atoms. The van der Waals surface area contributed by atoms with Gasteiger partial charge in [0, 0.05) is 41.3 Å². The summed E-state index contributed by atoms with van der Waals surface area (Å²) >= 11 is 7.25. The van der Waals surface area contributed by atoms with Gasteiger partial charge in [-0.3, -0.25) is 9.78 Å². The van der Waals surface area contributed by atoms with Crippen molar-refractivity contribution in [3.63, 3.8) is 0 Å². The first-order valence-corrected chi connectivity index (χ1v) is 11.0. The van der Waals surface area contributed by atoms with E-state index in [0.29, 0.717) is 5.02 Å². The van der Waals surface area contributed by atoms with Crippen molar-refractivity contribution in [2.45, 2.75) is 17.9 Å². The van der Waals surface area contributed by atoms with Crippen molar-refractivity contribution in [2.75, 3.05) is 6.54 Å². The van der Waals surface area contributed by atoms with Gasteiger partial charge in [-0.15, -0.1) is 11.3 Å². The zero-order chi connectivity index (χ0) is 20.0. The van der Waals surface area contributed by atoms with Crippen LogP contribution in [-0.2, 0) is 21.4 Å². The average Bonchev–Trinajstić information content (AvgIpc) is 3.16. The lowest BCUT2D eigenvalue weighted by Gasteiger charge is -2.07. The van der Waals surface area contributed by atoms with Gasteiger partial charge >= 0.3 is 0 Å². The van der Waals surface area contributed by atoms with E-state index in [-0.39, 0.29) is 30.3 Å². The Hall–Kier alpha value is -2.33. The Morgan fingerprint density at radius 3 is 2.71 bits per heavy atom. The molecule has 0 fully saturated rings. The number of amides is 1. The summed E-state index contributed by atoms with van der Waals surface area (Å²) in [7, 11) is -3.70. The molecule has 2 N–H and O–H groups in total. The van der Waals surface area contributed by atoms with E-state index in [2.05, 4.69) is 20.0 Å². The van der Waals surface area contributed by atoms with Crippen LogP contribution in [0.4, 0.5) is 0 Å². The summed E-state index contributed by atoms with van der Waals surface area (Å²) < 4.78 is 26.7. The lowest BCUT2D eigenvalue weighted by atomic mass is 10.2. The van der Waals surface area contributed by atoms with Gasteiger partial charge in [0.15, 0.2) is 0 Å². The first-order valence-electron chi connectivity index (χ1n) is 8.31. The molecule has 0 unspecified atom stereocenters. The minimum absolute atomic E-state index is 0.0131. The van der Waals surface area contributed by atoms with Gasteiger partial charge in [-0.1, -0.05) is 17.7 Å². The molecule has 0 aliphatic heterocycles. The molecule has 1 aromatic carbocycles. The van der Waals surface area contributed by atoms with Crippen LogP contribution < -0.4 is 10.0 Å². The van der Waals surface area contributed by atoms with Gasteiger partial charge in [-0.05, 0) is 30.3 Å². The maximum atomic E-state index is 12.2. The molecular weight excluding hydrogens is 420 g/mol. The van der Waals surface area contributed by atoms with Gasteiger partial charge in [0.05, 0.1) is 17.1 Å². The van der Waals surface area contributed by atoms with Crippen molar-refractivity contribution in [1.82, 2.24) is 20.0 Å². The highest BCUT2D eigenvalue weighted by Gasteiger charge is 2.14. The zero-order valence-electron chi connectivity index (χ0n) is 14.6. The van der Waals surface area contributed by atoms with Crippen LogP contribution in [0.5, 0.6) is 0 Å². The third kappa shape index (κ3) is 5.59. The third-order valence-electron chi connectivity index (χ3n) is 3.72. The molecule has 2 aromatic heterocycles. The van der Waals surface area contributed by atoms with Gasteiger partial charge in [0.25, 0.3) is 0 Å². The summed E-state index contributed by atoms with van der Waals surface area (Å²) in [6, 6.07) is 9.67. The van der Waals surface area contributed by atoms with Crippen molar-refractivity contribution < 1.29 is 13.2 Å². The van der Waals surface area contributed by atoms with Crippen molar-refractivity contribution in [2.24, 2.45) is 0 Å². The first kappa shape index (κ1) is 20.4. The maximum Gasteiger partial charge on any atom is 0.240 e. The largest absolute Gasteiger partial charge is 0.350 e. The van der Waals surface area contributed by atoms with Gasteiger partial charge in [-0.2, -0.15) is 0 Å². The molecule has 0 aliphatic carbocycles. The Bertz CT molecular complexity index is 1060. The Balaban J connectivity index is 1.46. The topological polar surface area (TPSA) is 101 Å². The predicted octanol–water partition coefficient (Wildman–Crippen LogP) is 2.84. The molecule has 10 heteroatoms. The maximum absolute atomic E-state index is 12.2. The number of halogens is 1. The number of carbonyl (C=O) groups is 1. The smallest absolute Gasteiger partial charge is 0.240 e. The number of hydrogen-bond acceptors (Lipinski definition) is 6. The Morgan fingerprint density at radius 1 is 1.18 bits per heavy atom. The minimum atomic E-state index is -3.70. The Kier molecular flexibility index (Phi) is 6.74. The molecule has 0 saturated carbocycles. The van der Waals surface area contributed by atoms with E-state index in [1.807, 2.05) is 17.5 Å². The molecule has 1 amide bonds. The lowest BCUT2D eigenvalue weighted by molar-refractivity contribution is -0.121. The van der Waals surface area contributed by atoms with Crippen LogP contribution in [0.2, 0.25) is 5.02 Å². The number of thiazole rings is 1. The number of benzene rings is 1. The molecule has 2 heterocycles. The fourth-order valence-corrected chi connectivity index (χ4v) is 4.40. The normalized spacial score (nSPS) is 11.3. The van der Waals surface area contributed by atoms with E-state index in [9.17, 15) is 13.2 Å². The van der Waals surface area contributed by atoms with Crippen LogP contribution in [0, 0.1) is 0 Å². The Morgan fingerprint density at radius 2 is 1.96 bits per heavy atom. The number of rotatable bonds is 8. The number of pyridine rings is 1. The number of nitrogens with zero attached hydrogens (tertiary/aromatic N) is 2. The quantitative estimate of drug-likeness (QED) is 0.565. The van der Waals surface area contributed by atoms with Gasteiger partial charge < -0.3 is 5.32 Å². The monoisotopic (exact) mass is 436 g/mol. The number of carbonyl (C=O) groups excluding carboxylic acids is 1. The van der Waals surface area contributed by atoms with Crippen LogP contribution in [0.1, 0.15) is 11.4 Å². The molecule has 0 aliphatic rings. The fourth-order valence-electron chi connectivity index (χ4n) is 2.33. The Labute approximate surface area is 171 Å². The number of aromatic nitrogens is 2. The fraction of sp³-hybridized carbons (Fsp3) is 0.167. The zero-order valence-corrected chi connectivity index (χ0v) is 17.0. The molecular formula is C18H17ClN4O3S2. The average molecular weight is 437 g/mol. The highest BCUT2D eigenvalue weighted by atomic mass is 35.5. The molecule has 0 radical (unpaired) electrons. The number of sulfonamides is 1. The molecule has 3 aromatic rings. The van der Waals surface area contributed by atoms with Crippen LogP contribution in [0.25, 0.3) is 11.3 Å². The van der Waals surface area contributed by atoms with E-state index in [0.717, 1.165) is 16.3 Å². The summed E-state index contributed by atoms with van der Waals surface area (Å²) in [5.41, 5.74) is 1.78. The first-order chi connectivity index (χ1) is 13.4. The molecule has 146 valence electrons. The second-order valence-electron chi connectivity index (χ2n) is 5.74. The molecule has 0 saturated heterocycles. The number of hydrogen-bond donors (Lipinski definition) is 2. The van der Waals surface area contributed by atoms with Crippen LogP contribution in [0.15, 0.2) is 59.1 Å². The predicted molar refractivity (Wildman–Crippen MR) is 108 cm³/mol. The molecule has 28 heavy (non-hydrogen) atoms. The second kappa shape index (κ2) is 9.24. The summed E-state index contributed by atoms with van der Waals surface area (Å²) in [5, 5.41) is 5.74. The van der Waals surface area contributed by atoms with E-state index >= 15 is 0 Å². The number of nitrogens with one attached hydrogen (secondary N) is 2. The van der Waals surface area contributed by atoms with Gasteiger partial charge in [0.1, 0.15) is 5.01 Å². The summed E-state index contributed by atoms with van der Waals surface area (Å²) in [6.45, 7) is 0.274. The lowest BCUT2D eigenvalue weighted by Crippen LogP contribution is -2.30. The van der Waals surface area contributed by atoms with Crippen LogP contribution in [0.3, 0.4) is 0 Å². The van der Waals surface area contributed by atoms with E-state index < -0.39 is 10.0 Å². The molecule has 0 atom stereocenters. The van der Waals surface area contributed by atoms with Crippen molar-refractivity contribution >= 4 is 38.9 Å².